The van der Waals surface area contributed by atoms with Crippen LogP contribution in [-0.4, -0.2) is 29.9 Å². The second-order valence-electron chi connectivity index (χ2n) is 4.64. The van der Waals surface area contributed by atoms with Gasteiger partial charge in [0.1, 0.15) is 5.52 Å². The van der Waals surface area contributed by atoms with Crippen molar-refractivity contribution < 1.29 is 14.3 Å². The molecule has 4 nitrogen and oxygen atoms in total. The third-order valence-corrected chi connectivity index (χ3v) is 3.51. The summed E-state index contributed by atoms with van der Waals surface area (Å²) in [6, 6.07) is 6.11. The van der Waals surface area contributed by atoms with Gasteiger partial charge in [-0.2, -0.15) is 0 Å². The van der Waals surface area contributed by atoms with Crippen LogP contribution in [0.5, 0.6) is 0 Å². The number of aromatic nitrogens is 1. The Hall–Kier alpha value is -1.39. The number of nitrogens with zero attached hydrogens (tertiary/aromatic N) is 1. The maximum atomic E-state index is 8.97. The Morgan fingerprint density at radius 1 is 1.35 bits per heavy atom. The molecule has 0 atom stereocenters. The van der Waals surface area contributed by atoms with Gasteiger partial charge in [-0.05, 0) is 30.5 Å². The number of aliphatic hydroxyl groups excluding tert-OH is 1. The Balaban J connectivity index is 1.94. The molecule has 2 heterocycles. The van der Waals surface area contributed by atoms with E-state index in [0.29, 0.717) is 0 Å². The second kappa shape index (κ2) is 4.13. The molecule has 90 valence electrons. The lowest BCUT2D eigenvalue weighted by molar-refractivity contribution is -0.0664. The quantitative estimate of drug-likeness (QED) is 0.875. The number of hydrogen-bond acceptors (Lipinski definition) is 4. The summed E-state index contributed by atoms with van der Waals surface area (Å²) in [6.07, 6.45) is 3.22. The van der Waals surface area contributed by atoms with Crippen LogP contribution in [0.25, 0.3) is 11.1 Å². The van der Waals surface area contributed by atoms with Gasteiger partial charge in [-0.1, -0.05) is 6.07 Å². The first kappa shape index (κ1) is 10.7. The summed E-state index contributed by atoms with van der Waals surface area (Å²) in [5, 5.41) is 8.97. The van der Waals surface area contributed by atoms with Gasteiger partial charge in [-0.15, -0.1) is 0 Å². The molecule has 1 aromatic heterocycles. The largest absolute Gasteiger partial charge is 0.443 e. The molecule has 3 rings (SSSR count). The maximum absolute atomic E-state index is 8.97. The fourth-order valence-corrected chi connectivity index (χ4v) is 2.41. The smallest absolute Gasteiger partial charge is 0.181 e. The molecule has 0 aliphatic carbocycles. The van der Waals surface area contributed by atoms with E-state index in [4.69, 9.17) is 14.3 Å². The minimum absolute atomic E-state index is 0.0592. The predicted molar refractivity (Wildman–Crippen MR) is 62.8 cm³/mol. The monoisotopic (exact) mass is 233 g/mol. The van der Waals surface area contributed by atoms with Gasteiger partial charge >= 0.3 is 0 Å². The molecule has 0 radical (unpaired) electrons. The molecular weight excluding hydrogens is 218 g/mol. The standard InChI is InChI=1S/C13H15NO3/c15-5-1-4-13(7-16-8-13)10-2-3-11-12(6-10)17-9-14-11/h2-3,6,9,15H,1,4-5,7-8H2. The van der Waals surface area contributed by atoms with Gasteiger partial charge in [0.05, 0.1) is 13.2 Å². The molecule has 1 aromatic carbocycles. The normalized spacial score (nSPS) is 18.2. The zero-order valence-electron chi connectivity index (χ0n) is 9.56. The van der Waals surface area contributed by atoms with Gasteiger partial charge in [0.2, 0.25) is 0 Å². The molecule has 1 aliphatic rings. The van der Waals surface area contributed by atoms with E-state index < -0.39 is 0 Å². The topological polar surface area (TPSA) is 55.5 Å². The van der Waals surface area contributed by atoms with Crippen LogP contribution in [-0.2, 0) is 10.2 Å². The summed E-state index contributed by atoms with van der Waals surface area (Å²) >= 11 is 0. The second-order valence-corrected chi connectivity index (χ2v) is 4.64. The fraction of sp³-hybridized carbons (Fsp3) is 0.462. The van der Waals surface area contributed by atoms with Crippen molar-refractivity contribution in [1.29, 1.82) is 0 Å². The molecular formula is C13H15NO3. The molecule has 0 amide bonds. The Bertz CT molecular complexity index is 516. The number of rotatable bonds is 4. The molecule has 2 aromatic rings. The Morgan fingerprint density at radius 2 is 2.24 bits per heavy atom. The molecule has 4 heteroatoms. The van der Waals surface area contributed by atoms with E-state index >= 15 is 0 Å². The number of aliphatic hydroxyl groups is 1. The van der Waals surface area contributed by atoms with E-state index in [-0.39, 0.29) is 12.0 Å². The van der Waals surface area contributed by atoms with E-state index in [0.717, 1.165) is 37.2 Å². The summed E-state index contributed by atoms with van der Waals surface area (Å²) in [5.74, 6) is 0. The fourth-order valence-electron chi connectivity index (χ4n) is 2.41. The predicted octanol–water partition coefficient (Wildman–Crippen LogP) is 1.87. The molecule has 0 unspecified atom stereocenters. The maximum Gasteiger partial charge on any atom is 0.181 e. The van der Waals surface area contributed by atoms with Crippen molar-refractivity contribution >= 4 is 11.1 Å². The number of benzene rings is 1. The lowest BCUT2D eigenvalue weighted by atomic mass is 9.75. The highest BCUT2D eigenvalue weighted by molar-refractivity contribution is 5.73. The van der Waals surface area contributed by atoms with Crippen molar-refractivity contribution in [2.45, 2.75) is 18.3 Å². The van der Waals surface area contributed by atoms with Crippen LogP contribution in [0.2, 0.25) is 0 Å². The first-order valence-corrected chi connectivity index (χ1v) is 5.86. The van der Waals surface area contributed by atoms with Gasteiger partial charge < -0.3 is 14.3 Å². The van der Waals surface area contributed by atoms with Crippen LogP contribution in [0.15, 0.2) is 29.0 Å². The highest BCUT2D eigenvalue weighted by atomic mass is 16.5. The van der Waals surface area contributed by atoms with Crippen LogP contribution in [0, 0.1) is 0 Å². The summed E-state index contributed by atoms with van der Waals surface area (Å²) in [6.45, 7) is 1.69. The molecule has 0 spiro atoms. The zero-order valence-corrected chi connectivity index (χ0v) is 9.56. The molecule has 0 saturated carbocycles. The average Bonchev–Trinajstić information content (AvgIpc) is 2.75. The van der Waals surface area contributed by atoms with Crippen LogP contribution in [0.3, 0.4) is 0 Å². The van der Waals surface area contributed by atoms with Crippen molar-refractivity contribution in [2.24, 2.45) is 0 Å². The molecule has 0 bridgehead atoms. The third kappa shape index (κ3) is 1.73. The van der Waals surface area contributed by atoms with Crippen LogP contribution < -0.4 is 0 Å². The SMILES string of the molecule is OCCCC1(c2ccc3ncoc3c2)COC1. The Labute approximate surface area is 99.2 Å². The van der Waals surface area contributed by atoms with Crippen LogP contribution in [0.1, 0.15) is 18.4 Å². The van der Waals surface area contributed by atoms with Gasteiger partial charge in [-0.3, -0.25) is 0 Å². The number of oxazole rings is 1. The average molecular weight is 233 g/mol. The van der Waals surface area contributed by atoms with Gasteiger partial charge in [0, 0.05) is 12.0 Å². The third-order valence-electron chi connectivity index (χ3n) is 3.51. The van der Waals surface area contributed by atoms with Crippen molar-refractivity contribution in [3.05, 3.63) is 30.2 Å². The lowest BCUT2D eigenvalue weighted by Crippen LogP contribution is -2.46. The minimum atomic E-state index is 0.0592. The van der Waals surface area contributed by atoms with Crippen LogP contribution in [0.4, 0.5) is 0 Å². The van der Waals surface area contributed by atoms with Gasteiger partial charge in [-0.25, -0.2) is 4.98 Å². The van der Waals surface area contributed by atoms with Crippen molar-refractivity contribution in [1.82, 2.24) is 4.98 Å². The van der Waals surface area contributed by atoms with E-state index in [1.54, 1.807) is 0 Å². The number of fused-ring (bicyclic) bond motifs is 1. The Morgan fingerprint density at radius 3 is 2.94 bits per heavy atom. The number of ether oxygens (including phenoxy) is 1. The lowest BCUT2D eigenvalue weighted by Gasteiger charge is -2.42. The van der Waals surface area contributed by atoms with Gasteiger partial charge in [0.15, 0.2) is 12.0 Å². The summed E-state index contributed by atoms with van der Waals surface area (Å²) < 4.78 is 10.7. The summed E-state index contributed by atoms with van der Waals surface area (Å²) in [4.78, 5) is 4.11. The van der Waals surface area contributed by atoms with Gasteiger partial charge in [0.25, 0.3) is 0 Å². The molecule has 1 saturated heterocycles. The Kier molecular flexibility index (Phi) is 2.61. The van der Waals surface area contributed by atoms with Crippen LogP contribution >= 0.6 is 0 Å². The zero-order chi connectivity index (χ0) is 11.7. The first-order chi connectivity index (χ1) is 8.34. The number of hydrogen-bond donors (Lipinski definition) is 1. The summed E-state index contributed by atoms with van der Waals surface area (Å²) in [5.41, 5.74) is 2.98. The highest BCUT2D eigenvalue weighted by Crippen LogP contribution is 2.37. The summed E-state index contributed by atoms with van der Waals surface area (Å²) in [7, 11) is 0. The van der Waals surface area contributed by atoms with E-state index in [2.05, 4.69) is 11.1 Å². The van der Waals surface area contributed by atoms with Crippen molar-refractivity contribution in [3.8, 4) is 0 Å². The van der Waals surface area contributed by atoms with E-state index in [9.17, 15) is 0 Å². The molecule has 1 aliphatic heterocycles. The molecule has 1 N–H and O–H groups in total. The van der Waals surface area contributed by atoms with E-state index in [1.807, 2.05) is 12.1 Å². The minimum Gasteiger partial charge on any atom is -0.443 e. The van der Waals surface area contributed by atoms with Crippen molar-refractivity contribution in [3.63, 3.8) is 0 Å². The molecule has 17 heavy (non-hydrogen) atoms. The molecule has 1 fully saturated rings. The highest BCUT2D eigenvalue weighted by Gasteiger charge is 2.39. The first-order valence-electron chi connectivity index (χ1n) is 5.86. The van der Waals surface area contributed by atoms with E-state index in [1.165, 1.54) is 12.0 Å². The van der Waals surface area contributed by atoms with Crippen molar-refractivity contribution in [2.75, 3.05) is 19.8 Å².